The van der Waals surface area contributed by atoms with Crippen molar-refractivity contribution in [1.82, 2.24) is 0 Å². The van der Waals surface area contributed by atoms with Crippen molar-refractivity contribution in [2.75, 3.05) is 6.61 Å². The molecule has 86 valence electrons. The summed E-state index contributed by atoms with van der Waals surface area (Å²) in [4.78, 5) is 10.8. The van der Waals surface area contributed by atoms with Gasteiger partial charge in [-0.15, -0.1) is 12.3 Å². The zero-order valence-corrected chi connectivity index (χ0v) is 8.27. The van der Waals surface area contributed by atoms with Gasteiger partial charge in [0.1, 0.15) is 0 Å². The van der Waals surface area contributed by atoms with Crippen LogP contribution in [0.2, 0.25) is 0 Å². The molecule has 0 saturated heterocycles. The summed E-state index contributed by atoms with van der Waals surface area (Å²) < 4.78 is 39.6. The first kappa shape index (κ1) is 13.8. The summed E-state index contributed by atoms with van der Waals surface area (Å²) in [6.45, 7) is 0.137. The van der Waals surface area contributed by atoms with Crippen LogP contribution in [0.1, 0.15) is 32.1 Å². The number of carbonyl (C=O) groups excluding carboxylic acids is 1. The van der Waals surface area contributed by atoms with Crippen molar-refractivity contribution in [3.8, 4) is 12.3 Å². The van der Waals surface area contributed by atoms with Crippen LogP contribution >= 0.6 is 0 Å². The maximum Gasteiger partial charge on any atom is 0.389 e. The Labute approximate surface area is 86.8 Å². The number of terminal acetylenes is 1. The Hall–Kier alpha value is -1.18. The van der Waals surface area contributed by atoms with Crippen LogP contribution in [0.15, 0.2) is 0 Å². The van der Waals surface area contributed by atoms with Crippen LogP contribution < -0.4 is 0 Å². The predicted octanol–water partition coefficient (Wildman–Crippen LogP) is 2.68. The van der Waals surface area contributed by atoms with Gasteiger partial charge in [-0.3, -0.25) is 4.79 Å². The van der Waals surface area contributed by atoms with Crippen LogP contribution in [0.25, 0.3) is 0 Å². The highest BCUT2D eigenvalue weighted by atomic mass is 19.4. The average molecular weight is 222 g/mol. The Morgan fingerprint density at radius 3 is 2.53 bits per heavy atom. The topological polar surface area (TPSA) is 26.3 Å². The van der Waals surface area contributed by atoms with E-state index in [-0.39, 0.29) is 6.61 Å². The summed E-state index contributed by atoms with van der Waals surface area (Å²) in [5, 5.41) is 0. The molecule has 0 aliphatic heterocycles. The van der Waals surface area contributed by atoms with Gasteiger partial charge < -0.3 is 4.74 Å². The lowest BCUT2D eigenvalue weighted by atomic mass is 10.2. The lowest BCUT2D eigenvalue weighted by molar-refractivity contribution is -0.157. The predicted molar refractivity (Wildman–Crippen MR) is 48.9 cm³/mol. The number of carbonyl (C=O) groups is 1. The van der Waals surface area contributed by atoms with Crippen molar-refractivity contribution in [2.45, 2.75) is 38.3 Å². The van der Waals surface area contributed by atoms with E-state index in [2.05, 4.69) is 10.7 Å². The summed E-state index contributed by atoms with van der Waals surface area (Å²) in [7, 11) is 0. The van der Waals surface area contributed by atoms with Crippen molar-refractivity contribution < 1.29 is 22.7 Å². The summed E-state index contributed by atoms with van der Waals surface area (Å²) in [6.07, 6.45) is 0.819. The monoisotopic (exact) mass is 222 g/mol. The number of hydrogen-bond donors (Lipinski definition) is 0. The third-order valence-electron chi connectivity index (χ3n) is 1.59. The fourth-order valence-electron chi connectivity index (χ4n) is 0.831. The summed E-state index contributed by atoms with van der Waals surface area (Å²) >= 11 is 0. The molecule has 0 bridgehead atoms. The number of unbranched alkanes of at least 4 members (excludes halogenated alkanes) is 2. The van der Waals surface area contributed by atoms with Gasteiger partial charge in [0.25, 0.3) is 0 Å². The molecule has 0 aliphatic rings. The molecule has 0 saturated carbocycles. The van der Waals surface area contributed by atoms with E-state index >= 15 is 0 Å². The number of hydrogen-bond acceptors (Lipinski definition) is 2. The van der Waals surface area contributed by atoms with Crippen LogP contribution in [0, 0.1) is 12.3 Å². The van der Waals surface area contributed by atoms with E-state index in [4.69, 9.17) is 6.42 Å². The second-order valence-corrected chi connectivity index (χ2v) is 3.00. The quantitative estimate of drug-likeness (QED) is 0.392. The molecule has 0 rings (SSSR count). The molecular formula is C10H13F3O2. The van der Waals surface area contributed by atoms with Gasteiger partial charge in [-0.2, -0.15) is 13.2 Å². The smallest absolute Gasteiger partial charge is 0.389 e. The molecule has 0 aromatic rings. The van der Waals surface area contributed by atoms with Gasteiger partial charge in [-0.25, -0.2) is 0 Å². The normalized spacial score (nSPS) is 10.8. The molecule has 0 aliphatic carbocycles. The SMILES string of the molecule is C#CCCCCOC(=O)CCC(F)(F)F. The Morgan fingerprint density at radius 2 is 2.00 bits per heavy atom. The van der Waals surface area contributed by atoms with E-state index in [1.807, 2.05) is 0 Å². The second kappa shape index (κ2) is 7.16. The number of alkyl halides is 3. The van der Waals surface area contributed by atoms with Crippen LogP contribution in [0.3, 0.4) is 0 Å². The maximum absolute atomic E-state index is 11.7. The molecule has 0 amide bonds. The van der Waals surface area contributed by atoms with Crippen molar-refractivity contribution in [3.05, 3.63) is 0 Å². The van der Waals surface area contributed by atoms with E-state index in [1.54, 1.807) is 0 Å². The molecule has 15 heavy (non-hydrogen) atoms. The van der Waals surface area contributed by atoms with E-state index in [9.17, 15) is 18.0 Å². The lowest BCUT2D eigenvalue weighted by Gasteiger charge is -2.06. The lowest BCUT2D eigenvalue weighted by Crippen LogP contribution is -2.13. The Morgan fingerprint density at radius 1 is 1.33 bits per heavy atom. The van der Waals surface area contributed by atoms with Gasteiger partial charge >= 0.3 is 12.1 Å². The fourth-order valence-corrected chi connectivity index (χ4v) is 0.831. The minimum atomic E-state index is -4.30. The Kier molecular flexibility index (Phi) is 6.59. The van der Waals surface area contributed by atoms with Crippen LogP contribution in [-0.2, 0) is 9.53 Å². The minimum Gasteiger partial charge on any atom is -0.466 e. The molecule has 0 heterocycles. The molecular weight excluding hydrogens is 209 g/mol. The molecule has 0 unspecified atom stereocenters. The molecule has 0 fully saturated rings. The number of esters is 1. The summed E-state index contributed by atoms with van der Waals surface area (Å²) in [5.41, 5.74) is 0. The molecule has 5 heteroatoms. The van der Waals surface area contributed by atoms with E-state index in [0.717, 1.165) is 0 Å². The molecule has 0 N–H and O–H groups in total. The zero-order valence-electron chi connectivity index (χ0n) is 8.27. The summed E-state index contributed by atoms with van der Waals surface area (Å²) in [5.74, 6) is 1.60. The molecule has 2 nitrogen and oxygen atoms in total. The third-order valence-corrected chi connectivity index (χ3v) is 1.59. The summed E-state index contributed by atoms with van der Waals surface area (Å²) in [6, 6.07) is 0. The van der Waals surface area contributed by atoms with Gasteiger partial charge in [-0.05, 0) is 12.8 Å². The maximum atomic E-state index is 11.7. The van der Waals surface area contributed by atoms with Crippen molar-refractivity contribution in [1.29, 1.82) is 0 Å². The van der Waals surface area contributed by atoms with Crippen LogP contribution in [0.4, 0.5) is 13.2 Å². The fraction of sp³-hybridized carbons (Fsp3) is 0.700. The van der Waals surface area contributed by atoms with E-state index in [0.29, 0.717) is 19.3 Å². The Balaban J connectivity index is 3.39. The van der Waals surface area contributed by atoms with Gasteiger partial charge in [0.05, 0.1) is 19.4 Å². The first-order valence-electron chi connectivity index (χ1n) is 4.61. The van der Waals surface area contributed by atoms with Crippen molar-refractivity contribution in [2.24, 2.45) is 0 Å². The zero-order chi connectivity index (χ0) is 11.7. The highest BCUT2D eigenvalue weighted by Gasteiger charge is 2.28. The third kappa shape index (κ3) is 10.7. The molecule has 0 aromatic heterocycles. The highest BCUT2D eigenvalue weighted by Crippen LogP contribution is 2.21. The standard InChI is InChI=1S/C10H13F3O2/c1-2-3-4-5-8-15-9(14)6-7-10(11,12)13/h1H,3-8H2. The highest BCUT2D eigenvalue weighted by molar-refractivity contribution is 5.69. The van der Waals surface area contributed by atoms with Gasteiger partial charge in [0.15, 0.2) is 0 Å². The van der Waals surface area contributed by atoms with E-state index < -0.39 is 25.0 Å². The van der Waals surface area contributed by atoms with Gasteiger partial charge in [0.2, 0.25) is 0 Å². The minimum absolute atomic E-state index is 0.137. The average Bonchev–Trinajstić information content (AvgIpc) is 2.13. The van der Waals surface area contributed by atoms with Crippen molar-refractivity contribution in [3.63, 3.8) is 0 Å². The Bertz CT molecular complexity index is 228. The van der Waals surface area contributed by atoms with Gasteiger partial charge in [-0.1, -0.05) is 0 Å². The first-order valence-corrected chi connectivity index (χ1v) is 4.61. The molecule has 0 atom stereocenters. The number of rotatable bonds is 6. The van der Waals surface area contributed by atoms with E-state index in [1.165, 1.54) is 0 Å². The molecule has 0 aromatic carbocycles. The number of ether oxygens (including phenoxy) is 1. The second-order valence-electron chi connectivity index (χ2n) is 3.00. The largest absolute Gasteiger partial charge is 0.466 e. The van der Waals surface area contributed by atoms with Crippen molar-refractivity contribution >= 4 is 5.97 Å². The van der Waals surface area contributed by atoms with Gasteiger partial charge in [0, 0.05) is 6.42 Å². The number of halogens is 3. The van der Waals surface area contributed by atoms with Crippen LogP contribution in [-0.4, -0.2) is 18.8 Å². The molecule has 0 spiro atoms. The first-order chi connectivity index (χ1) is 6.95. The van der Waals surface area contributed by atoms with Crippen LogP contribution in [0.5, 0.6) is 0 Å². The molecule has 0 radical (unpaired) electrons.